The molecule has 4 heteroatoms. The molecule has 12 heavy (non-hydrogen) atoms. The second-order valence-corrected chi connectivity index (χ2v) is 2.70. The average Bonchev–Trinajstić information content (AvgIpc) is 2.26. The van der Waals surface area contributed by atoms with Crippen LogP contribution in [-0.4, -0.2) is 25.0 Å². The van der Waals surface area contributed by atoms with Crippen LogP contribution in [0.15, 0.2) is 11.1 Å². The lowest BCUT2D eigenvalue weighted by atomic mass is 10.1. The van der Waals surface area contributed by atoms with Crippen LogP contribution in [-0.2, 0) is 14.3 Å². The van der Waals surface area contributed by atoms with Gasteiger partial charge in [-0.25, -0.2) is 0 Å². The summed E-state index contributed by atoms with van der Waals surface area (Å²) in [4.78, 5) is 22.1. The molecular weight excluding hydrogens is 158 g/mol. The lowest BCUT2D eigenvalue weighted by molar-refractivity contribution is -0.124. The van der Waals surface area contributed by atoms with E-state index in [4.69, 9.17) is 4.74 Å². The molecule has 0 saturated carbocycles. The minimum atomic E-state index is -0.341. The minimum absolute atomic E-state index is 0.320. The molecule has 1 N–H and O–H groups in total. The number of amides is 2. The van der Waals surface area contributed by atoms with Crippen LogP contribution in [0.5, 0.6) is 0 Å². The van der Waals surface area contributed by atoms with Gasteiger partial charge in [0.05, 0.1) is 11.7 Å². The van der Waals surface area contributed by atoms with E-state index in [-0.39, 0.29) is 17.9 Å². The Labute approximate surface area is 70.6 Å². The number of hydrogen-bond donors (Lipinski definition) is 1. The number of methoxy groups -OCH3 is 1. The maximum atomic E-state index is 11.1. The Morgan fingerprint density at radius 3 is 2.25 bits per heavy atom. The Kier molecular flexibility index (Phi) is 2.28. The van der Waals surface area contributed by atoms with Crippen LogP contribution in [0.2, 0.25) is 0 Å². The Morgan fingerprint density at radius 2 is 1.92 bits per heavy atom. The zero-order chi connectivity index (χ0) is 9.30. The van der Waals surface area contributed by atoms with Crippen LogP contribution in [0.1, 0.15) is 13.8 Å². The molecule has 2 amide bonds. The molecule has 66 valence electrons. The first-order valence-electron chi connectivity index (χ1n) is 3.67. The first kappa shape index (κ1) is 8.93. The second-order valence-electron chi connectivity index (χ2n) is 2.70. The molecule has 1 rings (SSSR count). The van der Waals surface area contributed by atoms with Gasteiger partial charge in [0, 0.05) is 12.7 Å². The number of carbonyl (C=O) groups is 2. The standard InChI is InChI=1S/C8H11NO3/c1-4-6(5(2)12-3)8(11)9-7(4)10/h5H,1-3H3,(H,9,10,11). The molecular formula is C8H11NO3. The first-order valence-corrected chi connectivity index (χ1v) is 3.67. The summed E-state index contributed by atoms with van der Waals surface area (Å²) in [5.74, 6) is -0.661. The molecule has 0 radical (unpaired) electrons. The molecule has 1 unspecified atom stereocenters. The Bertz CT molecular complexity index is 267. The zero-order valence-corrected chi connectivity index (χ0v) is 7.30. The van der Waals surface area contributed by atoms with Gasteiger partial charge in [0.25, 0.3) is 11.8 Å². The second kappa shape index (κ2) is 3.06. The predicted octanol–water partition coefficient (Wildman–Crippen LogP) is -0.00580. The zero-order valence-electron chi connectivity index (χ0n) is 7.30. The van der Waals surface area contributed by atoms with Gasteiger partial charge in [0.1, 0.15) is 0 Å². The SMILES string of the molecule is COC(C)C1=C(C)C(=O)NC1=O. The number of rotatable bonds is 2. The molecule has 0 spiro atoms. The Balaban J connectivity index is 3.00. The number of nitrogens with one attached hydrogen (secondary N) is 1. The van der Waals surface area contributed by atoms with Crippen molar-refractivity contribution in [1.82, 2.24) is 5.32 Å². The van der Waals surface area contributed by atoms with Crippen molar-refractivity contribution >= 4 is 11.8 Å². The van der Waals surface area contributed by atoms with Crippen molar-refractivity contribution < 1.29 is 14.3 Å². The van der Waals surface area contributed by atoms with Crippen LogP contribution in [0, 0.1) is 0 Å². The Hall–Kier alpha value is -1.16. The number of imide groups is 1. The van der Waals surface area contributed by atoms with Crippen molar-refractivity contribution in [1.29, 1.82) is 0 Å². The monoisotopic (exact) mass is 169 g/mol. The van der Waals surface area contributed by atoms with Gasteiger partial charge in [-0.2, -0.15) is 0 Å². The predicted molar refractivity (Wildman–Crippen MR) is 42.3 cm³/mol. The third-order valence-electron chi connectivity index (χ3n) is 1.98. The van der Waals surface area contributed by atoms with Crippen molar-refractivity contribution in [3.63, 3.8) is 0 Å². The smallest absolute Gasteiger partial charge is 0.257 e. The van der Waals surface area contributed by atoms with Crippen LogP contribution >= 0.6 is 0 Å². The number of hydrogen-bond acceptors (Lipinski definition) is 3. The quantitative estimate of drug-likeness (QED) is 0.592. The van der Waals surface area contributed by atoms with Gasteiger partial charge in [0.15, 0.2) is 0 Å². The van der Waals surface area contributed by atoms with Gasteiger partial charge in [-0.1, -0.05) is 0 Å². The molecule has 0 fully saturated rings. The van der Waals surface area contributed by atoms with E-state index in [1.165, 1.54) is 7.11 Å². The first-order chi connectivity index (χ1) is 5.57. The normalized spacial score (nSPS) is 19.9. The highest BCUT2D eigenvalue weighted by Gasteiger charge is 2.30. The molecule has 0 aromatic heterocycles. The molecule has 0 aliphatic carbocycles. The van der Waals surface area contributed by atoms with E-state index >= 15 is 0 Å². The highest BCUT2D eigenvalue weighted by molar-refractivity contribution is 6.19. The summed E-state index contributed by atoms with van der Waals surface area (Å²) in [6, 6.07) is 0. The van der Waals surface area contributed by atoms with Crippen LogP contribution in [0.4, 0.5) is 0 Å². The molecule has 0 aromatic rings. The number of ether oxygens (including phenoxy) is 1. The lowest BCUT2D eigenvalue weighted by Gasteiger charge is -2.08. The van der Waals surface area contributed by atoms with E-state index in [1.807, 2.05) is 0 Å². The van der Waals surface area contributed by atoms with E-state index in [1.54, 1.807) is 13.8 Å². The van der Waals surface area contributed by atoms with Gasteiger partial charge in [-0.15, -0.1) is 0 Å². The topological polar surface area (TPSA) is 55.4 Å². The highest BCUT2D eigenvalue weighted by Crippen LogP contribution is 2.16. The maximum Gasteiger partial charge on any atom is 0.257 e. The van der Waals surface area contributed by atoms with E-state index in [2.05, 4.69) is 5.32 Å². The van der Waals surface area contributed by atoms with E-state index in [0.29, 0.717) is 11.1 Å². The molecule has 1 heterocycles. The fourth-order valence-corrected chi connectivity index (χ4v) is 1.16. The van der Waals surface area contributed by atoms with Crippen LogP contribution < -0.4 is 5.32 Å². The fourth-order valence-electron chi connectivity index (χ4n) is 1.16. The van der Waals surface area contributed by atoms with Crippen molar-refractivity contribution in [2.24, 2.45) is 0 Å². The molecule has 1 aliphatic heterocycles. The summed E-state index contributed by atoms with van der Waals surface area (Å²) in [6.07, 6.45) is -0.323. The van der Waals surface area contributed by atoms with Gasteiger partial charge >= 0.3 is 0 Å². The average molecular weight is 169 g/mol. The molecule has 1 aliphatic rings. The van der Waals surface area contributed by atoms with Gasteiger partial charge in [0.2, 0.25) is 0 Å². The van der Waals surface area contributed by atoms with E-state index < -0.39 is 0 Å². The van der Waals surface area contributed by atoms with E-state index in [0.717, 1.165) is 0 Å². The summed E-state index contributed by atoms with van der Waals surface area (Å²) in [5.41, 5.74) is 0.886. The van der Waals surface area contributed by atoms with Crippen molar-refractivity contribution in [3.05, 3.63) is 11.1 Å². The van der Waals surface area contributed by atoms with Gasteiger partial charge in [-0.3, -0.25) is 14.9 Å². The van der Waals surface area contributed by atoms with Gasteiger partial charge in [-0.05, 0) is 13.8 Å². The maximum absolute atomic E-state index is 11.1. The molecule has 0 bridgehead atoms. The van der Waals surface area contributed by atoms with Crippen molar-refractivity contribution in [2.45, 2.75) is 20.0 Å². The fraction of sp³-hybridized carbons (Fsp3) is 0.500. The van der Waals surface area contributed by atoms with Crippen LogP contribution in [0.25, 0.3) is 0 Å². The Morgan fingerprint density at radius 1 is 1.33 bits per heavy atom. The largest absolute Gasteiger partial charge is 0.377 e. The summed E-state index contributed by atoms with van der Waals surface area (Å²) in [6.45, 7) is 3.35. The summed E-state index contributed by atoms with van der Waals surface area (Å²) < 4.78 is 4.95. The minimum Gasteiger partial charge on any atom is -0.377 e. The summed E-state index contributed by atoms with van der Waals surface area (Å²) >= 11 is 0. The molecule has 0 saturated heterocycles. The lowest BCUT2D eigenvalue weighted by Crippen LogP contribution is -2.25. The highest BCUT2D eigenvalue weighted by atomic mass is 16.5. The molecule has 4 nitrogen and oxygen atoms in total. The summed E-state index contributed by atoms with van der Waals surface area (Å²) in [5, 5.41) is 2.20. The van der Waals surface area contributed by atoms with Crippen molar-refractivity contribution in [3.8, 4) is 0 Å². The summed E-state index contributed by atoms with van der Waals surface area (Å²) in [7, 11) is 1.50. The number of carbonyl (C=O) groups excluding carboxylic acids is 2. The van der Waals surface area contributed by atoms with Crippen LogP contribution in [0.3, 0.4) is 0 Å². The third kappa shape index (κ3) is 1.25. The van der Waals surface area contributed by atoms with Gasteiger partial charge < -0.3 is 4.74 Å². The molecule has 1 atom stereocenters. The third-order valence-corrected chi connectivity index (χ3v) is 1.98. The van der Waals surface area contributed by atoms with Crippen molar-refractivity contribution in [2.75, 3.05) is 7.11 Å². The molecule has 0 aromatic carbocycles. The van der Waals surface area contributed by atoms with E-state index in [9.17, 15) is 9.59 Å².